The Balaban J connectivity index is 0.000000323. The number of hydrogen-bond donors (Lipinski definition) is 1. The van der Waals surface area contributed by atoms with Crippen LogP contribution in [-0.4, -0.2) is 32.5 Å². The zero-order valence-electron chi connectivity index (χ0n) is 20.0. The molecule has 1 N–H and O–H groups in total. The van der Waals surface area contributed by atoms with Crippen molar-refractivity contribution in [2.75, 3.05) is 31.3 Å². The minimum Gasteiger partial charge on any atom is -0.341 e. The second-order valence-corrected chi connectivity index (χ2v) is 7.67. The van der Waals surface area contributed by atoms with E-state index in [1.807, 2.05) is 49.1 Å². The second kappa shape index (κ2) is 15.9. The second-order valence-electron chi connectivity index (χ2n) is 7.67. The first-order valence-corrected chi connectivity index (χ1v) is 12.0. The molecule has 0 amide bonds. The van der Waals surface area contributed by atoms with Crippen molar-refractivity contribution in [3.63, 3.8) is 0 Å². The van der Waals surface area contributed by atoms with Crippen molar-refractivity contribution in [1.29, 1.82) is 0 Å². The number of hydrogen-bond acceptors (Lipinski definition) is 1. The molecule has 0 spiro atoms. The van der Waals surface area contributed by atoms with E-state index in [0.717, 1.165) is 18.5 Å². The summed E-state index contributed by atoms with van der Waals surface area (Å²) < 4.78 is 13.3. The summed E-state index contributed by atoms with van der Waals surface area (Å²) in [4.78, 5) is 3.61. The Hall–Kier alpha value is -1.87. The average molecular weight is 416 g/mol. The van der Waals surface area contributed by atoms with E-state index in [2.05, 4.69) is 45.0 Å². The molecule has 0 bridgehead atoms. The highest BCUT2D eigenvalue weighted by atomic mass is 19.1. The first kappa shape index (κ1) is 26.2. The van der Waals surface area contributed by atoms with Crippen molar-refractivity contribution < 1.29 is 9.29 Å². The molecule has 2 aromatic carbocycles. The molecule has 2 aromatic rings. The van der Waals surface area contributed by atoms with Crippen molar-refractivity contribution in [1.82, 2.24) is 0 Å². The standard InChI is InChI=1S/C16H16FN.C9H21N.C2H6/c17-12-18(15-8-2-1-3-9-15)16-10-13-6-4-5-7-14(13)11-16;1-4-7-8-9-10(5-2)6-3;1-2/h1-9,16H,10-12H2;4-9H2,1-3H3;1-2H3/p+1. The van der Waals surface area contributed by atoms with Crippen LogP contribution in [-0.2, 0) is 12.8 Å². The number of para-hydroxylation sites is 1. The molecule has 3 heteroatoms. The van der Waals surface area contributed by atoms with Crippen molar-refractivity contribution in [2.45, 2.75) is 72.8 Å². The number of rotatable bonds is 9. The molecule has 0 saturated carbocycles. The summed E-state index contributed by atoms with van der Waals surface area (Å²) in [7, 11) is 0. The number of benzene rings is 2. The third-order valence-electron chi connectivity index (χ3n) is 5.82. The predicted octanol–water partition coefficient (Wildman–Crippen LogP) is 5.71. The van der Waals surface area contributed by atoms with Gasteiger partial charge in [-0.3, -0.25) is 0 Å². The van der Waals surface area contributed by atoms with Crippen LogP contribution < -0.4 is 9.80 Å². The molecule has 2 nitrogen and oxygen atoms in total. The van der Waals surface area contributed by atoms with E-state index in [1.165, 1.54) is 50.0 Å². The summed E-state index contributed by atoms with van der Waals surface area (Å²) in [6, 6.07) is 18.5. The van der Waals surface area contributed by atoms with Gasteiger partial charge in [0.1, 0.15) is 0 Å². The number of halogens is 1. The summed E-state index contributed by atoms with van der Waals surface area (Å²) in [6.45, 7) is 14.3. The van der Waals surface area contributed by atoms with E-state index in [0.29, 0.717) is 0 Å². The van der Waals surface area contributed by atoms with Crippen molar-refractivity contribution in [3.8, 4) is 0 Å². The molecule has 0 heterocycles. The van der Waals surface area contributed by atoms with Gasteiger partial charge in [-0.15, -0.1) is 0 Å². The third kappa shape index (κ3) is 8.47. The number of nitrogens with one attached hydrogen (secondary N) is 1. The lowest BCUT2D eigenvalue weighted by molar-refractivity contribution is -0.896. The Morgan fingerprint density at radius 2 is 1.37 bits per heavy atom. The number of unbranched alkanes of at least 4 members (excludes halogenated alkanes) is 2. The summed E-state index contributed by atoms with van der Waals surface area (Å²) in [5.74, 6) is 0. The molecule has 0 atom stereocenters. The van der Waals surface area contributed by atoms with E-state index < -0.39 is 6.80 Å². The van der Waals surface area contributed by atoms with Crippen LogP contribution in [0.3, 0.4) is 0 Å². The SMILES string of the molecule is CC.CCCCC[NH+](CC)CC.FCN(c1ccccc1)C1Cc2ccccc2C1. The van der Waals surface area contributed by atoms with Crippen molar-refractivity contribution >= 4 is 5.69 Å². The van der Waals surface area contributed by atoms with Gasteiger partial charge in [-0.05, 0) is 62.8 Å². The Morgan fingerprint density at radius 3 is 1.83 bits per heavy atom. The Labute approximate surface area is 185 Å². The number of fused-ring (bicyclic) bond motifs is 1. The maximum atomic E-state index is 13.3. The lowest BCUT2D eigenvalue weighted by Gasteiger charge is -2.27. The summed E-state index contributed by atoms with van der Waals surface area (Å²) >= 11 is 0. The molecule has 3 rings (SSSR count). The summed E-state index contributed by atoms with van der Waals surface area (Å²) in [5, 5.41) is 0. The van der Waals surface area contributed by atoms with Crippen LogP contribution in [0, 0.1) is 0 Å². The molecule has 168 valence electrons. The van der Waals surface area contributed by atoms with Gasteiger partial charge in [0.25, 0.3) is 0 Å². The van der Waals surface area contributed by atoms with Gasteiger partial charge in [0.2, 0.25) is 0 Å². The monoisotopic (exact) mass is 415 g/mol. The van der Waals surface area contributed by atoms with Crippen LogP contribution in [0.5, 0.6) is 0 Å². The van der Waals surface area contributed by atoms with E-state index in [1.54, 1.807) is 4.90 Å². The van der Waals surface area contributed by atoms with Crippen LogP contribution in [0.25, 0.3) is 0 Å². The highest BCUT2D eigenvalue weighted by Crippen LogP contribution is 2.28. The van der Waals surface area contributed by atoms with Gasteiger partial charge >= 0.3 is 0 Å². The summed E-state index contributed by atoms with van der Waals surface area (Å²) in [5.41, 5.74) is 3.69. The molecule has 0 aliphatic heterocycles. The fourth-order valence-corrected chi connectivity index (χ4v) is 3.98. The molecule has 0 saturated heterocycles. The maximum Gasteiger partial charge on any atom is 0.162 e. The molecular formula is C27H44FN2+. The first-order chi connectivity index (χ1) is 14.7. The van der Waals surface area contributed by atoms with Gasteiger partial charge in [-0.1, -0.05) is 69.7 Å². The lowest BCUT2D eigenvalue weighted by atomic mass is 10.1. The molecule has 0 aromatic heterocycles. The van der Waals surface area contributed by atoms with Crippen LogP contribution in [0.15, 0.2) is 54.6 Å². The minimum absolute atomic E-state index is 0.245. The third-order valence-corrected chi connectivity index (χ3v) is 5.82. The van der Waals surface area contributed by atoms with Crippen LogP contribution >= 0.6 is 0 Å². The van der Waals surface area contributed by atoms with E-state index in [-0.39, 0.29) is 6.04 Å². The van der Waals surface area contributed by atoms with Gasteiger partial charge in [0, 0.05) is 11.7 Å². The maximum absolute atomic E-state index is 13.3. The Kier molecular flexibility index (Phi) is 13.9. The first-order valence-electron chi connectivity index (χ1n) is 12.0. The number of anilines is 1. The van der Waals surface area contributed by atoms with Gasteiger partial charge in [-0.2, -0.15) is 0 Å². The summed E-state index contributed by atoms with van der Waals surface area (Å²) in [6.07, 6.45) is 6.04. The quantitative estimate of drug-likeness (QED) is 0.407. The van der Waals surface area contributed by atoms with E-state index in [9.17, 15) is 4.39 Å². The van der Waals surface area contributed by atoms with Gasteiger partial charge in [0.15, 0.2) is 6.80 Å². The molecule has 1 aliphatic rings. The smallest absolute Gasteiger partial charge is 0.162 e. The Morgan fingerprint density at radius 1 is 0.833 bits per heavy atom. The zero-order chi connectivity index (χ0) is 22.2. The van der Waals surface area contributed by atoms with E-state index >= 15 is 0 Å². The lowest BCUT2D eigenvalue weighted by Crippen LogP contribution is -3.11. The average Bonchev–Trinajstić information content (AvgIpc) is 3.24. The zero-order valence-corrected chi connectivity index (χ0v) is 20.0. The number of nitrogens with zero attached hydrogens (tertiary/aromatic N) is 1. The minimum atomic E-state index is -0.428. The fraction of sp³-hybridized carbons (Fsp3) is 0.556. The molecular weight excluding hydrogens is 371 g/mol. The fourth-order valence-electron chi connectivity index (χ4n) is 3.98. The molecule has 0 radical (unpaired) electrons. The highest BCUT2D eigenvalue weighted by molar-refractivity contribution is 5.49. The van der Waals surface area contributed by atoms with Crippen LogP contribution in [0.2, 0.25) is 0 Å². The molecule has 30 heavy (non-hydrogen) atoms. The largest absolute Gasteiger partial charge is 0.341 e. The van der Waals surface area contributed by atoms with Crippen molar-refractivity contribution in [3.05, 3.63) is 65.7 Å². The van der Waals surface area contributed by atoms with Gasteiger partial charge in [-0.25, -0.2) is 4.39 Å². The van der Waals surface area contributed by atoms with Crippen LogP contribution in [0.4, 0.5) is 10.1 Å². The highest BCUT2D eigenvalue weighted by Gasteiger charge is 2.26. The van der Waals surface area contributed by atoms with Crippen LogP contribution in [0.1, 0.15) is 65.0 Å². The van der Waals surface area contributed by atoms with E-state index in [4.69, 9.17) is 0 Å². The molecule has 1 aliphatic carbocycles. The van der Waals surface area contributed by atoms with Gasteiger partial charge in [0.05, 0.1) is 19.6 Å². The number of alkyl halides is 1. The van der Waals surface area contributed by atoms with Gasteiger partial charge < -0.3 is 9.80 Å². The molecule has 0 fully saturated rings. The number of quaternary nitrogens is 1. The Bertz CT molecular complexity index is 630. The van der Waals surface area contributed by atoms with Crippen molar-refractivity contribution in [2.24, 2.45) is 0 Å². The predicted molar refractivity (Wildman–Crippen MR) is 130 cm³/mol. The molecule has 0 unspecified atom stereocenters. The topological polar surface area (TPSA) is 7.68 Å². The normalized spacial score (nSPS) is 12.5.